The largest absolute Gasteiger partial charge is 0.484 e. The van der Waals surface area contributed by atoms with E-state index in [1.54, 1.807) is 25.2 Å². The number of guanidine groups is 1. The van der Waals surface area contributed by atoms with Gasteiger partial charge in [0.1, 0.15) is 23.0 Å². The number of likely N-dealkylation sites (N-methyl/N-ethyl adjacent to an activating group) is 1. The van der Waals surface area contributed by atoms with Gasteiger partial charge in [-0.05, 0) is 36.6 Å². The maximum Gasteiger partial charge on any atom is 0.261 e. The van der Waals surface area contributed by atoms with Gasteiger partial charge in [0.25, 0.3) is 5.91 Å². The Balaban J connectivity index is 1.91. The lowest BCUT2D eigenvalue weighted by Gasteiger charge is -2.46. The molecule has 30 heavy (non-hydrogen) atoms. The van der Waals surface area contributed by atoms with Gasteiger partial charge in [-0.1, -0.05) is 19.2 Å². The molecule has 0 radical (unpaired) electrons. The lowest BCUT2D eigenvalue weighted by Crippen LogP contribution is -2.55. The van der Waals surface area contributed by atoms with Gasteiger partial charge in [0, 0.05) is 31.2 Å². The summed E-state index contributed by atoms with van der Waals surface area (Å²) in [5.74, 6) is -1.41. The molecular formula is C22H23F2N3O3. The summed E-state index contributed by atoms with van der Waals surface area (Å²) >= 11 is 0. The summed E-state index contributed by atoms with van der Waals surface area (Å²) in [6.07, 6.45) is 2.69. The van der Waals surface area contributed by atoms with Gasteiger partial charge < -0.3 is 15.2 Å². The topological polar surface area (TPSA) is 77.2 Å². The van der Waals surface area contributed by atoms with Crippen molar-refractivity contribution < 1.29 is 23.0 Å². The zero-order chi connectivity index (χ0) is 21.7. The Kier molecular flexibility index (Phi) is 4.77. The molecule has 3 aliphatic heterocycles. The van der Waals surface area contributed by atoms with Crippen LogP contribution in [0.5, 0.6) is 5.75 Å². The van der Waals surface area contributed by atoms with Gasteiger partial charge in [-0.25, -0.2) is 13.8 Å². The molecule has 3 aliphatic rings. The second kappa shape index (κ2) is 7.05. The van der Waals surface area contributed by atoms with Crippen LogP contribution in [0.3, 0.4) is 0 Å². The number of aliphatic imine (C=N–C) groups is 1. The number of nitrogens with two attached hydrogens (primary N) is 1. The van der Waals surface area contributed by atoms with Crippen LogP contribution in [0.15, 0.2) is 54.1 Å². The minimum absolute atomic E-state index is 0.0718. The van der Waals surface area contributed by atoms with Crippen LogP contribution >= 0.6 is 0 Å². The molecule has 158 valence electrons. The Morgan fingerprint density at radius 2 is 2.13 bits per heavy atom. The van der Waals surface area contributed by atoms with Crippen LogP contribution in [0.4, 0.5) is 8.78 Å². The van der Waals surface area contributed by atoms with Crippen molar-refractivity contribution in [1.82, 2.24) is 4.90 Å². The maximum atomic E-state index is 14.1. The highest BCUT2D eigenvalue weighted by Crippen LogP contribution is 2.51. The molecule has 2 unspecified atom stereocenters. The molecule has 8 heteroatoms. The summed E-state index contributed by atoms with van der Waals surface area (Å²) < 4.78 is 39.4. The SMILES string of the molecule is C=C(F)C=C(C(=C)F)c1ccc2c(c1)C1(CC3(CCCOC3)O2)N=C(N)N(C)C1=O. The van der Waals surface area contributed by atoms with Crippen LogP contribution in [0.2, 0.25) is 0 Å². The van der Waals surface area contributed by atoms with Crippen molar-refractivity contribution in [1.29, 1.82) is 0 Å². The van der Waals surface area contributed by atoms with E-state index in [0.717, 1.165) is 12.5 Å². The molecule has 3 heterocycles. The molecule has 0 bridgehead atoms. The summed E-state index contributed by atoms with van der Waals surface area (Å²) in [6, 6.07) is 4.81. The maximum absolute atomic E-state index is 14.1. The number of amides is 1. The summed E-state index contributed by atoms with van der Waals surface area (Å²) in [4.78, 5) is 19.2. The van der Waals surface area contributed by atoms with Crippen LogP contribution in [-0.4, -0.2) is 42.6 Å². The Bertz CT molecular complexity index is 1010. The molecule has 1 saturated heterocycles. The molecule has 2 N–H and O–H groups in total. The number of ether oxygens (including phenoxy) is 2. The summed E-state index contributed by atoms with van der Waals surface area (Å²) in [5, 5.41) is 0. The summed E-state index contributed by atoms with van der Waals surface area (Å²) in [7, 11) is 1.56. The monoisotopic (exact) mass is 415 g/mol. The third kappa shape index (κ3) is 3.11. The van der Waals surface area contributed by atoms with E-state index in [4.69, 9.17) is 15.2 Å². The minimum Gasteiger partial charge on any atom is -0.484 e. The Labute approximate surface area is 173 Å². The van der Waals surface area contributed by atoms with Crippen molar-refractivity contribution in [3.05, 3.63) is 60.2 Å². The average molecular weight is 415 g/mol. The van der Waals surface area contributed by atoms with Gasteiger partial charge in [0.2, 0.25) is 0 Å². The molecule has 0 saturated carbocycles. The number of rotatable bonds is 3. The highest BCUT2D eigenvalue weighted by Gasteiger charge is 2.58. The lowest BCUT2D eigenvalue weighted by molar-refractivity contribution is -0.139. The summed E-state index contributed by atoms with van der Waals surface area (Å²) in [6.45, 7) is 7.40. The first kappa shape index (κ1) is 20.3. The number of benzene rings is 1. The molecule has 2 atom stereocenters. The fraction of sp³-hybridized carbons (Fsp3) is 0.364. The third-order valence-corrected chi connectivity index (χ3v) is 5.83. The van der Waals surface area contributed by atoms with Crippen LogP contribution in [0, 0.1) is 0 Å². The fourth-order valence-electron chi connectivity index (χ4n) is 4.45. The predicted octanol–water partition coefficient (Wildman–Crippen LogP) is 3.35. The zero-order valence-electron chi connectivity index (χ0n) is 16.7. The van der Waals surface area contributed by atoms with Crippen molar-refractivity contribution in [2.75, 3.05) is 20.3 Å². The van der Waals surface area contributed by atoms with E-state index in [9.17, 15) is 13.6 Å². The van der Waals surface area contributed by atoms with Crippen molar-refractivity contribution in [2.24, 2.45) is 10.7 Å². The first-order valence-corrected chi connectivity index (χ1v) is 9.63. The molecule has 0 aromatic heterocycles. The number of allylic oxidation sites excluding steroid dienone is 4. The molecule has 1 aromatic carbocycles. The zero-order valence-corrected chi connectivity index (χ0v) is 16.7. The van der Waals surface area contributed by atoms with E-state index in [1.807, 2.05) is 0 Å². The van der Waals surface area contributed by atoms with E-state index in [0.29, 0.717) is 36.5 Å². The molecule has 0 aliphatic carbocycles. The number of hydrogen-bond acceptors (Lipinski definition) is 5. The average Bonchev–Trinajstić information content (AvgIpc) is 2.90. The van der Waals surface area contributed by atoms with Crippen molar-refractivity contribution >= 4 is 17.4 Å². The van der Waals surface area contributed by atoms with Crippen LogP contribution < -0.4 is 10.5 Å². The first-order valence-electron chi connectivity index (χ1n) is 9.63. The lowest BCUT2D eigenvalue weighted by atomic mass is 9.73. The van der Waals surface area contributed by atoms with E-state index in [2.05, 4.69) is 18.2 Å². The van der Waals surface area contributed by atoms with Crippen molar-refractivity contribution in [3.63, 3.8) is 0 Å². The third-order valence-electron chi connectivity index (χ3n) is 5.83. The van der Waals surface area contributed by atoms with Gasteiger partial charge in [0.15, 0.2) is 11.5 Å². The standard InChI is InChI=1S/C22H23F2N3O3/c1-13(23)9-16(14(2)24)15-5-6-18-17(10-15)22(19(28)27(3)20(25)26-22)11-21(30-18)7-4-8-29-12-21/h5-6,9-10H,1-2,4,7-8,11-12H2,3H3,(H2,25,26). The number of hydrogen-bond donors (Lipinski definition) is 1. The second-order valence-electron chi connectivity index (χ2n) is 7.93. The van der Waals surface area contributed by atoms with Crippen LogP contribution in [0.1, 0.15) is 30.4 Å². The first-order chi connectivity index (χ1) is 14.2. The quantitative estimate of drug-likeness (QED) is 0.768. The minimum atomic E-state index is -1.32. The highest BCUT2D eigenvalue weighted by atomic mass is 19.1. The summed E-state index contributed by atoms with van der Waals surface area (Å²) in [5.41, 5.74) is 4.67. The van der Waals surface area contributed by atoms with Gasteiger partial charge in [-0.15, -0.1) is 0 Å². The Morgan fingerprint density at radius 1 is 1.37 bits per heavy atom. The van der Waals surface area contributed by atoms with Crippen LogP contribution in [0.25, 0.3) is 5.57 Å². The van der Waals surface area contributed by atoms with E-state index in [1.165, 1.54) is 4.90 Å². The molecule has 6 nitrogen and oxygen atoms in total. The Morgan fingerprint density at radius 3 is 2.70 bits per heavy atom. The highest BCUT2D eigenvalue weighted by molar-refractivity contribution is 6.07. The number of carbonyl (C=O) groups is 1. The van der Waals surface area contributed by atoms with Gasteiger partial charge >= 0.3 is 0 Å². The number of halogens is 2. The molecule has 2 spiro atoms. The molecule has 1 aromatic rings. The van der Waals surface area contributed by atoms with Crippen molar-refractivity contribution in [3.8, 4) is 5.75 Å². The van der Waals surface area contributed by atoms with Gasteiger partial charge in [0.05, 0.1) is 6.61 Å². The predicted molar refractivity (Wildman–Crippen MR) is 109 cm³/mol. The second-order valence-corrected chi connectivity index (χ2v) is 7.93. The molecule has 1 fully saturated rings. The molecule has 1 amide bonds. The Hall–Kier alpha value is -3.00. The molecule has 4 rings (SSSR count). The van der Waals surface area contributed by atoms with E-state index in [-0.39, 0.29) is 23.9 Å². The van der Waals surface area contributed by atoms with Crippen molar-refractivity contribution in [2.45, 2.75) is 30.4 Å². The van der Waals surface area contributed by atoms with Crippen LogP contribution in [-0.2, 0) is 15.1 Å². The normalized spacial score (nSPS) is 28.4. The van der Waals surface area contributed by atoms with E-state index < -0.39 is 22.8 Å². The molecular weight excluding hydrogens is 392 g/mol. The smallest absolute Gasteiger partial charge is 0.261 e. The number of fused-ring (bicyclic) bond motifs is 2. The number of carbonyl (C=O) groups excluding carboxylic acids is 1. The fourth-order valence-corrected chi connectivity index (χ4v) is 4.45. The van der Waals surface area contributed by atoms with E-state index >= 15 is 0 Å². The number of nitrogens with zero attached hydrogens (tertiary/aromatic N) is 2. The van der Waals surface area contributed by atoms with Gasteiger partial charge in [-0.3, -0.25) is 9.69 Å². The van der Waals surface area contributed by atoms with Gasteiger partial charge in [-0.2, -0.15) is 0 Å².